The van der Waals surface area contributed by atoms with E-state index >= 15 is 0 Å². The number of aromatic hydroxyl groups is 3. The number of rotatable bonds is 9. The molecule has 1 aromatic heterocycles. The summed E-state index contributed by atoms with van der Waals surface area (Å²) in [7, 11) is 2.36. The van der Waals surface area contributed by atoms with Crippen molar-refractivity contribution in [2.75, 3.05) is 14.2 Å². The molecule has 0 saturated carbocycles. The van der Waals surface area contributed by atoms with Gasteiger partial charge < -0.3 is 34.6 Å². The number of methoxy groups -OCH3 is 2. The Labute approximate surface area is 413 Å². The molecule has 0 fully saturated rings. The number of aryl methyl sites for hydroxylation is 1. The van der Waals surface area contributed by atoms with Crippen LogP contribution in [0.15, 0.2) is 161 Å². The van der Waals surface area contributed by atoms with Crippen molar-refractivity contribution >= 4 is 22.0 Å². The maximum atomic E-state index is 14.8. The molecule has 5 aromatic rings. The highest BCUT2D eigenvalue weighted by Gasteiger charge is 2.47. The van der Waals surface area contributed by atoms with Gasteiger partial charge in [-0.25, -0.2) is 0 Å². The fraction of sp³-hybridized carbons (Fsp3) is 0.204. The number of nitrogens with zero attached hydrogens (tertiary/aromatic N) is 3. The Bertz CT molecular complexity index is 3390. The third-order valence-electron chi connectivity index (χ3n) is 13.1. The molecule has 0 bridgehead atoms. The number of ether oxygens (including phenoxy) is 2. The average molecular weight is 1040 g/mol. The highest BCUT2D eigenvalue weighted by molar-refractivity contribution is 5.98. The molecule has 8 nitrogen and oxygen atoms in total. The van der Waals surface area contributed by atoms with Crippen molar-refractivity contribution in [1.29, 1.82) is 0 Å². The Kier molecular flexibility index (Phi) is 12.7. The van der Waals surface area contributed by atoms with Crippen LogP contribution in [-0.2, 0) is 24.0 Å². The number of phenols is 3. The smallest absolute Gasteiger partial charge is 0.417 e. The van der Waals surface area contributed by atoms with Crippen LogP contribution in [0, 0.1) is 6.92 Å². The Morgan fingerprint density at radius 1 is 0.568 bits per heavy atom. The lowest BCUT2D eigenvalue weighted by molar-refractivity contribution is -0.136. The first-order chi connectivity index (χ1) is 34.7. The van der Waals surface area contributed by atoms with Gasteiger partial charge in [0, 0.05) is 59.8 Å². The number of pyridine rings is 1. The van der Waals surface area contributed by atoms with Crippen LogP contribution >= 0.6 is 0 Å². The first-order valence-corrected chi connectivity index (χ1v) is 22.2. The fourth-order valence-electron chi connectivity index (χ4n) is 9.49. The molecule has 384 valence electrons. The molecule has 2 unspecified atom stereocenters. The molecule has 74 heavy (non-hydrogen) atoms. The van der Waals surface area contributed by atoms with Gasteiger partial charge in [-0.1, -0.05) is 36.4 Å². The van der Waals surface area contributed by atoms with Crippen LogP contribution in [0.5, 0.6) is 23.0 Å². The number of alkyl halides is 12. The third kappa shape index (κ3) is 9.55. The highest BCUT2D eigenvalue weighted by Crippen LogP contribution is 2.49. The quantitative estimate of drug-likeness (QED) is 0.126. The number of hydrogen-bond donors (Lipinski definition) is 3. The second kappa shape index (κ2) is 18.5. The molecular formula is C54H39F12N3O5. The third-order valence-corrected chi connectivity index (χ3v) is 13.1. The maximum absolute atomic E-state index is 14.8. The van der Waals surface area contributed by atoms with Crippen molar-refractivity contribution in [3.8, 4) is 34.1 Å². The topological polar surface area (TPSA) is 98.5 Å². The lowest BCUT2D eigenvalue weighted by Gasteiger charge is -2.39. The van der Waals surface area contributed by atoms with E-state index in [0.717, 1.165) is 25.3 Å². The number of allylic oxidation sites excluding steroid dienone is 8. The summed E-state index contributed by atoms with van der Waals surface area (Å²) in [5.74, 6) is -1.45. The van der Waals surface area contributed by atoms with Crippen molar-refractivity contribution in [2.24, 2.45) is 0 Å². The van der Waals surface area contributed by atoms with E-state index in [9.17, 15) is 68.0 Å². The highest BCUT2D eigenvalue weighted by atomic mass is 19.4. The summed E-state index contributed by atoms with van der Waals surface area (Å²) in [5.41, 5.74) is -4.31. The number of benzene rings is 4. The summed E-state index contributed by atoms with van der Waals surface area (Å²) in [6, 6.07) is 12.8. The van der Waals surface area contributed by atoms with Crippen LogP contribution in [0.4, 0.5) is 52.7 Å². The molecule has 3 heterocycles. The van der Waals surface area contributed by atoms with Crippen LogP contribution in [-0.4, -0.2) is 74.9 Å². The predicted molar refractivity (Wildman–Crippen MR) is 250 cm³/mol. The number of fused-ring (bicyclic) bond motifs is 3. The summed E-state index contributed by atoms with van der Waals surface area (Å²) < 4.78 is 184. The van der Waals surface area contributed by atoms with Crippen molar-refractivity contribution in [3.63, 3.8) is 0 Å². The van der Waals surface area contributed by atoms with Gasteiger partial charge in [0.2, 0.25) is 0 Å². The van der Waals surface area contributed by atoms with E-state index in [0.29, 0.717) is 11.6 Å². The molecule has 4 aliphatic rings. The van der Waals surface area contributed by atoms with Gasteiger partial charge in [0.1, 0.15) is 28.8 Å². The largest absolute Gasteiger partial charge is 0.508 e. The first kappa shape index (κ1) is 50.9. The molecule has 0 spiro atoms. The summed E-state index contributed by atoms with van der Waals surface area (Å²) in [5, 5.41) is 33.1. The van der Waals surface area contributed by atoms with Gasteiger partial charge in [-0.05, 0) is 118 Å². The van der Waals surface area contributed by atoms with E-state index in [1.165, 1.54) is 114 Å². The molecule has 9 rings (SSSR count). The van der Waals surface area contributed by atoms with E-state index < -0.39 is 82.7 Å². The maximum Gasteiger partial charge on any atom is 0.417 e. The summed E-state index contributed by atoms with van der Waals surface area (Å²) in [6.07, 6.45) is -11.0. The molecule has 0 radical (unpaired) electrons. The molecule has 4 aromatic carbocycles. The Hall–Kier alpha value is -8.03. The minimum Gasteiger partial charge on any atom is -0.508 e. The van der Waals surface area contributed by atoms with E-state index in [-0.39, 0.29) is 90.9 Å². The second-order valence-corrected chi connectivity index (χ2v) is 17.6. The van der Waals surface area contributed by atoms with Crippen LogP contribution in [0.25, 0.3) is 33.2 Å². The molecule has 2 atom stereocenters. The van der Waals surface area contributed by atoms with Gasteiger partial charge in [0.15, 0.2) is 0 Å². The minimum atomic E-state index is -5.26. The number of hydrogen-bond acceptors (Lipinski definition) is 8. The zero-order valence-corrected chi connectivity index (χ0v) is 38.7. The lowest BCUT2D eigenvalue weighted by atomic mass is 9.81. The Morgan fingerprint density at radius 2 is 1.09 bits per heavy atom. The second-order valence-electron chi connectivity index (χ2n) is 17.6. The average Bonchev–Trinajstić information content (AvgIpc) is 3.33. The van der Waals surface area contributed by atoms with Gasteiger partial charge in [-0.2, -0.15) is 52.7 Å². The van der Waals surface area contributed by atoms with Crippen LogP contribution in [0.3, 0.4) is 0 Å². The van der Waals surface area contributed by atoms with E-state index in [2.05, 4.69) is 4.98 Å². The van der Waals surface area contributed by atoms with Gasteiger partial charge in [-0.15, -0.1) is 0 Å². The number of aromatic nitrogens is 1. The number of halogens is 12. The molecule has 3 N–H and O–H groups in total. The predicted octanol–water partition coefficient (Wildman–Crippen LogP) is 13.7. The van der Waals surface area contributed by atoms with E-state index in [1.54, 1.807) is 6.92 Å². The molecular weight excluding hydrogens is 999 g/mol. The van der Waals surface area contributed by atoms with Gasteiger partial charge in [0.05, 0.1) is 54.1 Å². The zero-order valence-electron chi connectivity index (χ0n) is 38.7. The van der Waals surface area contributed by atoms with Crippen molar-refractivity contribution < 1.29 is 77.5 Å². The summed E-state index contributed by atoms with van der Waals surface area (Å²) in [6.45, 7) is 0.865. The van der Waals surface area contributed by atoms with Crippen LogP contribution in [0.1, 0.15) is 33.4 Å². The van der Waals surface area contributed by atoms with Crippen molar-refractivity contribution in [3.05, 3.63) is 195 Å². The normalized spacial score (nSPS) is 18.3. The molecule has 20 heteroatoms. The van der Waals surface area contributed by atoms with Gasteiger partial charge in [-0.3, -0.25) is 4.98 Å². The van der Waals surface area contributed by atoms with Gasteiger partial charge in [0.25, 0.3) is 0 Å². The Balaban J connectivity index is 1.06. The first-order valence-electron chi connectivity index (χ1n) is 22.2. The summed E-state index contributed by atoms with van der Waals surface area (Å²) >= 11 is 0. The fourth-order valence-corrected chi connectivity index (χ4v) is 9.49. The van der Waals surface area contributed by atoms with Crippen LogP contribution < -0.4 is 4.74 Å². The number of phenolic OH excluding ortho intramolecular Hbond substituents is 3. The molecule has 2 aliphatic carbocycles. The van der Waals surface area contributed by atoms with E-state index in [4.69, 9.17) is 9.47 Å². The molecule has 0 amide bonds. The monoisotopic (exact) mass is 1040 g/mol. The Morgan fingerprint density at radius 3 is 1.62 bits per heavy atom. The minimum absolute atomic E-state index is 0.0337. The zero-order chi connectivity index (χ0) is 53.4. The SMILES string of the molecule is COC1=CC(C(F)(F)F)=CC2C1=C(c1ccc(CN3C=CC(c4ccc(C)c(O)c4)=C4C(C(F)(F)F)=CC(C(F)(F)F)=CC43)c(O)c1)C=CN2Cc1ccc(-c2ccnc3cc(OC)cc(C(F)(F)F)c23)cc1O. The van der Waals surface area contributed by atoms with E-state index in [1.807, 2.05) is 0 Å². The van der Waals surface area contributed by atoms with Crippen LogP contribution in [0.2, 0.25) is 0 Å². The molecule has 2 aliphatic heterocycles. The van der Waals surface area contributed by atoms with Crippen molar-refractivity contribution in [1.82, 2.24) is 14.8 Å². The lowest BCUT2D eigenvalue weighted by Crippen LogP contribution is -2.39. The van der Waals surface area contributed by atoms with Crippen molar-refractivity contribution in [2.45, 2.75) is 56.8 Å². The standard InChI is InChI=1S/C54H39F12N3O5/c1-27-4-5-28(16-44(27)70)37-11-14-68(42-20-33(51(55,56)57)19-39(49(37)42)53(61,62)63)25-31-9-7-30(18-46(31)72)38-12-15-69(43-21-34(52(58,59)60)22-47(74-3)50(38)43)26-32-8-6-29(17-45(32)71)36-10-13-67-41-24-35(73-2)23-40(48(36)41)54(64,65)66/h4-24,42-43,70-72H,25-26H2,1-3H3. The molecule has 0 saturated heterocycles. The van der Waals surface area contributed by atoms with Gasteiger partial charge >= 0.3 is 24.7 Å². The summed E-state index contributed by atoms with van der Waals surface area (Å²) in [4.78, 5) is 6.72.